The summed E-state index contributed by atoms with van der Waals surface area (Å²) in [5, 5.41) is 0. The maximum absolute atomic E-state index is 10.7. The first-order valence-electron chi connectivity index (χ1n) is 13.4. The minimum atomic E-state index is -6.09. The molecule has 0 aliphatic carbocycles. The molecule has 0 unspecified atom stereocenters. The molecule has 2 aromatic rings. The Kier molecular flexibility index (Phi) is 9.41. The van der Waals surface area contributed by atoms with Crippen LogP contribution in [0.25, 0.3) is 0 Å². The first-order chi connectivity index (χ1) is 17.5. The lowest BCUT2D eigenvalue weighted by atomic mass is 9.80. The van der Waals surface area contributed by atoms with Crippen LogP contribution in [-0.2, 0) is 30.6 Å². The van der Waals surface area contributed by atoms with Gasteiger partial charge in [-0.25, -0.2) is 17.6 Å². The molecule has 3 rings (SSSR count). The maximum atomic E-state index is 10.7. The van der Waals surface area contributed by atoms with E-state index >= 15 is 0 Å². The third kappa shape index (κ3) is 6.64. The van der Waals surface area contributed by atoms with E-state index in [1.165, 1.54) is 40.4 Å². The fourth-order valence-corrected chi connectivity index (χ4v) is 6.25. The molecular weight excluding hydrogens is 527 g/mol. The van der Waals surface area contributed by atoms with Gasteiger partial charge < -0.3 is 9.45 Å². The zero-order valence-electron chi connectivity index (χ0n) is 25.5. The van der Waals surface area contributed by atoms with Crippen molar-refractivity contribution in [3.63, 3.8) is 0 Å². The summed E-state index contributed by atoms with van der Waals surface area (Å²) in [7, 11) is -1.62. The summed E-state index contributed by atoms with van der Waals surface area (Å²) in [5.74, 6) is 2.43. The number of rotatable bonds is 5. The van der Waals surface area contributed by atoms with Crippen LogP contribution in [0, 0.1) is 19.3 Å². The Balaban J connectivity index is 0.000000580. The van der Waals surface area contributed by atoms with Gasteiger partial charge in [-0.2, -0.15) is 13.2 Å². The molecule has 39 heavy (non-hydrogen) atoms. The third-order valence-corrected chi connectivity index (χ3v) is 8.87. The van der Waals surface area contributed by atoms with Gasteiger partial charge in [0.1, 0.15) is 11.4 Å². The first kappa shape index (κ1) is 33.1. The molecule has 0 amide bonds. The summed E-state index contributed by atoms with van der Waals surface area (Å²) in [4.78, 5) is 2.83. The predicted octanol–water partition coefficient (Wildman–Crippen LogP) is 6.39. The third-order valence-electron chi connectivity index (χ3n) is 8.30. The standard InChI is InChI=1S/C28H46N3.CHF3O3S/c1-18(2)22-14-13-15-23(19(3)4)26(22)31-24(27(7,8)17-28(31,9)10)16-25-29(11)20(5)21(6)30(25)12;2-1(3,4)8(5,6)7/h13-15,18-19,24H,16-17H2,1-12H3;(H,5,6,7)/q+1;/p-1/t24-;/m0./s1. The first-order valence-corrected chi connectivity index (χ1v) is 14.8. The molecule has 1 aliphatic heterocycles. The maximum Gasteiger partial charge on any atom is 0.485 e. The second-order valence-electron chi connectivity index (χ2n) is 12.8. The SMILES string of the molecule is Cc1c(C)[n+](C)c(C[C@@H]2N(c3c(C(C)C)cccc3C(C)C)C(C)(C)CC2(C)C)n1C.O=S(=O)([O-])C(F)(F)F. The quantitative estimate of drug-likeness (QED) is 0.236. The van der Waals surface area contributed by atoms with Gasteiger partial charge in [0, 0.05) is 31.1 Å². The molecule has 0 saturated carbocycles. The normalized spacial score (nSPS) is 19.0. The van der Waals surface area contributed by atoms with Crippen molar-refractivity contribution in [2.45, 2.75) is 111 Å². The van der Waals surface area contributed by atoms with E-state index in [1.807, 2.05) is 0 Å². The van der Waals surface area contributed by atoms with Crippen molar-refractivity contribution in [2.75, 3.05) is 4.90 Å². The summed E-state index contributed by atoms with van der Waals surface area (Å²) < 4.78 is 63.7. The molecule has 2 heterocycles. The van der Waals surface area contributed by atoms with Gasteiger partial charge in [-0.3, -0.25) is 0 Å². The summed E-state index contributed by atoms with van der Waals surface area (Å²) >= 11 is 0. The van der Waals surface area contributed by atoms with Gasteiger partial charge in [0.25, 0.3) is 5.82 Å². The Morgan fingerprint density at radius 3 is 1.82 bits per heavy atom. The molecule has 1 atom stereocenters. The molecule has 10 heteroatoms. The number of alkyl halides is 3. The molecule has 0 bridgehead atoms. The molecule has 0 N–H and O–H groups in total. The Bertz CT molecular complexity index is 1240. The van der Waals surface area contributed by atoms with Crippen molar-refractivity contribution < 1.29 is 30.7 Å². The molecule has 1 fully saturated rings. The van der Waals surface area contributed by atoms with Crippen LogP contribution < -0.4 is 9.47 Å². The van der Waals surface area contributed by atoms with E-state index in [0.717, 1.165) is 6.42 Å². The number of para-hydroxylation sites is 1. The van der Waals surface area contributed by atoms with Crippen LogP contribution in [0.3, 0.4) is 0 Å². The Morgan fingerprint density at radius 1 is 1.05 bits per heavy atom. The van der Waals surface area contributed by atoms with Crippen LogP contribution in [0.2, 0.25) is 0 Å². The van der Waals surface area contributed by atoms with Crippen LogP contribution in [0.1, 0.15) is 102 Å². The lowest BCUT2D eigenvalue weighted by molar-refractivity contribution is -0.685. The summed E-state index contributed by atoms with van der Waals surface area (Å²) in [6.45, 7) is 23.7. The highest BCUT2D eigenvalue weighted by Crippen LogP contribution is 2.52. The van der Waals surface area contributed by atoms with Crippen molar-refractivity contribution in [3.05, 3.63) is 46.5 Å². The second kappa shape index (κ2) is 11.1. The average molecular weight is 574 g/mol. The highest BCUT2D eigenvalue weighted by molar-refractivity contribution is 7.86. The van der Waals surface area contributed by atoms with Gasteiger partial charge in [-0.15, -0.1) is 0 Å². The van der Waals surface area contributed by atoms with Gasteiger partial charge in [-0.05, 0) is 48.6 Å². The van der Waals surface area contributed by atoms with Gasteiger partial charge in [-0.1, -0.05) is 59.7 Å². The number of benzene rings is 1. The van der Waals surface area contributed by atoms with Crippen LogP contribution in [-0.4, -0.2) is 34.6 Å². The number of hydrogen-bond donors (Lipinski definition) is 0. The fourth-order valence-electron chi connectivity index (χ4n) is 6.25. The van der Waals surface area contributed by atoms with Gasteiger partial charge in [0.15, 0.2) is 10.1 Å². The van der Waals surface area contributed by atoms with Crippen molar-refractivity contribution in [2.24, 2.45) is 19.5 Å². The topological polar surface area (TPSA) is 69.2 Å². The average Bonchev–Trinajstić information content (AvgIpc) is 3.06. The number of nitrogens with zero attached hydrogens (tertiary/aromatic N) is 3. The number of aromatic nitrogens is 2. The molecule has 0 radical (unpaired) electrons. The molecular formula is C29H46F3N3O3S. The van der Waals surface area contributed by atoms with E-state index < -0.39 is 15.6 Å². The molecule has 1 aromatic carbocycles. The largest absolute Gasteiger partial charge is 0.741 e. The van der Waals surface area contributed by atoms with Gasteiger partial charge >= 0.3 is 5.51 Å². The van der Waals surface area contributed by atoms with Gasteiger partial charge in [0.05, 0.1) is 20.5 Å². The number of halogens is 3. The van der Waals surface area contributed by atoms with Crippen LogP contribution in [0.15, 0.2) is 18.2 Å². The molecule has 1 saturated heterocycles. The number of anilines is 1. The van der Waals surface area contributed by atoms with E-state index in [9.17, 15) is 13.2 Å². The summed E-state index contributed by atoms with van der Waals surface area (Å²) in [6, 6.07) is 7.43. The summed E-state index contributed by atoms with van der Waals surface area (Å²) in [6.07, 6.45) is 2.25. The van der Waals surface area contributed by atoms with Crippen molar-refractivity contribution in [1.82, 2.24) is 4.57 Å². The van der Waals surface area contributed by atoms with Crippen LogP contribution >= 0.6 is 0 Å². The molecule has 0 spiro atoms. The van der Waals surface area contributed by atoms with E-state index in [4.69, 9.17) is 13.0 Å². The van der Waals surface area contributed by atoms with Crippen LogP contribution in [0.5, 0.6) is 0 Å². The molecule has 1 aromatic heterocycles. The van der Waals surface area contributed by atoms with Crippen molar-refractivity contribution in [1.29, 1.82) is 0 Å². The fraction of sp³-hybridized carbons (Fsp3) is 0.690. The highest BCUT2D eigenvalue weighted by atomic mass is 32.2. The van der Waals surface area contributed by atoms with Crippen molar-refractivity contribution in [3.8, 4) is 0 Å². The smallest absolute Gasteiger partial charge is 0.485 e. The molecule has 222 valence electrons. The lowest BCUT2D eigenvalue weighted by Gasteiger charge is -2.42. The zero-order valence-corrected chi connectivity index (χ0v) is 26.3. The highest BCUT2D eigenvalue weighted by Gasteiger charge is 2.53. The lowest BCUT2D eigenvalue weighted by Crippen LogP contribution is -2.49. The van der Waals surface area contributed by atoms with E-state index in [-0.39, 0.29) is 11.0 Å². The van der Waals surface area contributed by atoms with E-state index in [2.05, 4.69) is 116 Å². The van der Waals surface area contributed by atoms with Gasteiger partial charge in [0.2, 0.25) is 0 Å². The predicted molar refractivity (Wildman–Crippen MR) is 149 cm³/mol. The number of imidazole rings is 1. The summed E-state index contributed by atoms with van der Waals surface area (Å²) in [5.41, 5.74) is 1.90. The number of hydrogen-bond acceptors (Lipinski definition) is 4. The monoisotopic (exact) mass is 573 g/mol. The minimum absolute atomic E-state index is 0.108. The van der Waals surface area contributed by atoms with Crippen LogP contribution in [0.4, 0.5) is 18.9 Å². The van der Waals surface area contributed by atoms with Crippen molar-refractivity contribution >= 4 is 15.8 Å². The zero-order chi connectivity index (χ0) is 30.5. The van der Waals surface area contributed by atoms with E-state index in [1.54, 1.807) is 0 Å². The Morgan fingerprint density at radius 2 is 1.49 bits per heavy atom. The molecule has 6 nitrogen and oxygen atoms in total. The van der Waals surface area contributed by atoms with E-state index in [0.29, 0.717) is 17.9 Å². The minimum Gasteiger partial charge on any atom is -0.741 e. The Labute approximate surface area is 233 Å². The molecule has 1 aliphatic rings. The Hall–Kier alpha value is -2.07. The second-order valence-corrected chi connectivity index (χ2v) is 14.1.